The molecular formula is C13H23NO3. The van der Waals surface area contributed by atoms with Crippen LogP contribution in [0, 0.1) is 0 Å². The van der Waals surface area contributed by atoms with Gasteiger partial charge in [-0.15, -0.1) is 0 Å². The van der Waals surface area contributed by atoms with Crippen molar-refractivity contribution in [3.8, 4) is 0 Å². The van der Waals surface area contributed by atoms with Gasteiger partial charge in [0.25, 0.3) is 0 Å². The molecule has 1 aliphatic heterocycles. The molecule has 98 valence electrons. The Balaban J connectivity index is 2.55. The van der Waals surface area contributed by atoms with Crippen LogP contribution in [0.4, 0.5) is 4.79 Å². The van der Waals surface area contributed by atoms with Gasteiger partial charge in [-0.25, -0.2) is 4.79 Å². The van der Waals surface area contributed by atoms with Gasteiger partial charge in [0.15, 0.2) is 0 Å². The second-order valence-corrected chi connectivity index (χ2v) is 5.39. The molecule has 0 fully saturated rings. The predicted molar refractivity (Wildman–Crippen MR) is 66.6 cm³/mol. The molecule has 0 aliphatic carbocycles. The lowest BCUT2D eigenvalue weighted by Crippen LogP contribution is -2.35. The van der Waals surface area contributed by atoms with Crippen LogP contribution in [0.15, 0.2) is 11.8 Å². The standard InChI is InChI=1S/C13H23NO3/c1-13(2,3)17-12(16)14-8-4-6-11(10-14)7-5-9-15/h10,15H,4-9H2,1-3H3. The summed E-state index contributed by atoms with van der Waals surface area (Å²) >= 11 is 0. The number of ether oxygens (including phenoxy) is 1. The SMILES string of the molecule is CC(C)(C)OC(=O)N1C=C(CCCO)CCC1. The second-order valence-electron chi connectivity index (χ2n) is 5.39. The van der Waals surface area contributed by atoms with E-state index in [0.29, 0.717) is 0 Å². The lowest BCUT2D eigenvalue weighted by Gasteiger charge is -2.28. The van der Waals surface area contributed by atoms with E-state index in [2.05, 4.69) is 0 Å². The molecule has 1 heterocycles. The van der Waals surface area contributed by atoms with E-state index in [1.807, 2.05) is 27.0 Å². The summed E-state index contributed by atoms with van der Waals surface area (Å²) in [6.07, 6.45) is 5.20. The van der Waals surface area contributed by atoms with Crippen molar-refractivity contribution in [3.63, 3.8) is 0 Å². The molecule has 0 saturated carbocycles. The van der Waals surface area contributed by atoms with Gasteiger partial charge in [0.2, 0.25) is 0 Å². The molecule has 17 heavy (non-hydrogen) atoms. The normalized spacial score (nSPS) is 16.7. The number of amides is 1. The van der Waals surface area contributed by atoms with Gasteiger partial charge in [0.05, 0.1) is 0 Å². The Kier molecular flexibility index (Phi) is 5.00. The molecule has 1 N–H and O–H groups in total. The molecule has 4 nitrogen and oxygen atoms in total. The summed E-state index contributed by atoms with van der Waals surface area (Å²) in [5.41, 5.74) is 0.768. The zero-order chi connectivity index (χ0) is 12.9. The first-order valence-electron chi connectivity index (χ1n) is 6.22. The molecule has 0 saturated heterocycles. The molecule has 0 spiro atoms. The van der Waals surface area contributed by atoms with E-state index in [-0.39, 0.29) is 12.7 Å². The molecule has 0 aromatic carbocycles. The van der Waals surface area contributed by atoms with Crippen molar-refractivity contribution in [3.05, 3.63) is 11.8 Å². The molecule has 0 unspecified atom stereocenters. The Labute approximate surface area is 103 Å². The van der Waals surface area contributed by atoms with Crippen molar-refractivity contribution in [1.82, 2.24) is 4.90 Å². The number of rotatable bonds is 3. The van der Waals surface area contributed by atoms with Crippen LogP contribution in [-0.2, 0) is 4.74 Å². The summed E-state index contributed by atoms with van der Waals surface area (Å²) in [4.78, 5) is 13.5. The second kappa shape index (κ2) is 6.05. The molecule has 1 aliphatic rings. The molecule has 0 aromatic heterocycles. The first kappa shape index (κ1) is 14.0. The van der Waals surface area contributed by atoms with Gasteiger partial charge in [0, 0.05) is 19.4 Å². The summed E-state index contributed by atoms with van der Waals surface area (Å²) in [5.74, 6) is 0. The van der Waals surface area contributed by atoms with Crippen LogP contribution in [0.2, 0.25) is 0 Å². The van der Waals surface area contributed by atoms with E-state index in [1.54, 1.807) is 4.90 Å². The lowest BCUT2D eigenvalue weighted by atomic mass is 10.0. The minimum Gasteiger partial charge on any atom is -0.443 e. The number of nitrogens with zero attached hydrogens (tertiary/aromatic N) is 1. The maximum atomic E-state index is 11.8. The van der Waals surface area contributed by atoms with E-state index in [4.69, 9.17) is 9.84 Å². The van der Waals surface area contributed by atoms with Crippen molar-refractivity contribution in [2.75, 3.05) is 13.2 Å². The number of aliphatic hydroxyl groups excluding tert-OH is 1. The fraction of sp³-hybridized carbons (Fsp3) is 0.769. The third kappa shape index (κ3) is 5.22. The van der Waals surface area contributed by atoms with Crippen LogP contribution >= 0.6 is 0 Å². The number of allylic oxidation sites excluding steroid dienone is 1. The van der Waals surface area contributed by atoms with Crippen LogP contribution in [-0.4, -0.2) is 34.9 Å². The third-order valence-electron chi connectivity index (χ3n) is 2.52. The molecule has 0 aromatic rings. The van der Waals surface area contributed by atoms with Gasteiger partial charge in [-0.3, -0.25) is 4.90 Å². The molecule has 1 rings (SSSR count). The van der Waals surface area contributed by atoms with Crippen molar-refractivity contribution in [2.45, 2.75) is 52.1 Å². The van der Waals surface area contributed by atoms with Crippen molar-refractivity contribution in [2.24, 2.45) is 0 Å². The highest BCUT2D eigenvalue weighted by Crippen LogP contribution is 2.20. The minimum atomic E-state index is -0.451. The zero-order valence-electron chi connectivity index (χ0n) is 11.0. The van der Waals surface area contributed by atoms with Gasteiger partial charge in [-0.2, -0.15) is 0 Å². The number of hydrogen-bond donors (Lipinski definition) is 1. The monoisotopic (exact) mass is 241 g/mol. The maximum absolute atomic E-state index is 11.8. The molecule has 4 heteroatoms. The number of aliphatic hydroxyl groups is 1. The highest BCUT2D eigenvalue weighted by molar-refractivity contribution is 5.69. The molecular weight excluding hydrogens is 218 g/mol. The lowest BCUT2D eigenvalue weighted by molar-refractivity contribution is 0.0323. The smallest absolute Gasteiger partial charge is 0.414 e. The quantitative estimate of drug-likeness (QED) is 0.826. The van der Waals surface area contributed by atoms with Crippen molar-refractivity contribution >= 4 is 6.09 Å². The molecule has 0 atom stereocenters. The molecule has 1 amide bonds. The predicted octanol–water partition coefficient (Wildman–Crippen LogP) is 2.67. The first-order chi connectivity index (χ1) is 7.92. The van der Waals surface area contributed by atoms with Gasteiger partial charge >= 0.3 is 6.09 Å². The highest BCUT2D eigenvalue weighted by Gasteiger charge is 2.22. The van der Waals surface area contributed by atoms with Crippen LogP contribution in [0.5, 0.6) is 0 Å². The Bertz CT molecular complexity index is 292. The van der Waals surface area contributed by atoms with Gasteiger partial charge in [0.1, 0.15) is 5.60 Å². The van der Waals surface area contributed by atoms with E-state index in [0.717, 1.165) is 32.2 Å². The summed E-state index contributed by atoms with van der Waals surface area (Å²) in [7, 11) is 0. The number of carbonyl (C=O) groups excluding carboxylic acids is 1. The van der Waals surface area contributed by atoms with Crippen LogP contribution in [0.25, 0.3) is 0 Å². The highest BCUT2D eigenvalue weighted by atomic mass is 16.6. The van der Waals surface area contributed by atoms with Crippen molar-refractivity contribution < 1.29 is 14.6 Å². The van der Waals surface area contributed by atoms with Crippen LogP contribution in [0.3, 0.4) is 0 Å². The largest absolute Gasteiger partial charge is 0.443 e. The third-order valence-corrected chi connectivity index (χ3v) is 2.52. The molecule has 0 bridgehead atoms. The minimum absolute atomic E-state index is 0.198. The first-order valence-corrected chi connectivity index (χ1v) is 6.22. The maximum Gasteiger partial charge on any atom is 0.414 e. The Morgan fingerprint density at radius 2 is 2.24 bits per heavy atom. The van der Waals surface area contributed by atoms with Crippen molar-refractivity contribution in [1.29, 1.82) is 0 Å². The van der Waals surface area contributed by atoms with E-state index in [1.165, 1.54) is 5.57 Å². The summed E-state index contributed by atoms with van der Waals surface area (Å²) in [5, 5.41) is 8.79. The summed E-state index contributed by atoms with van der Waals surface area (Å²) in [6.45, 7) is 6.52. The average molecular weight is 241 g/mol. The fourth-order valence-corrected chi connectivity index (χ4v) is 1.79. The Hall–Kier alpha value is -1.03. The van der Waals surface area contributed by atoms with Gasteiger partial charge < -0.3 is 9.84 Å². The van der Waals surface area contributed by atoms with Crippen LogP contribution < -0.4 is 0 Å². The fourth-order valence-electron chi connectivity index (χ4n) is 1.79. The summed E-state index contributed by atoms with van der Waals surface area (Å²) < 4.78 is 5.32. The number of carbonyl (C=O) groups is 1. The number of hydrogen-bond acceptors (Lipinski definition) is 3. The van der Waals surface area contributed by atoms with Gasteiger partial charge in [-0.05, 0) is 46.5 Å². The Morgan fingerprint density at radius 3 is 2.82 bits per heavy atom. The zero-order valence-corrected chi connectivity index (χ0v) is 11.0. The molecule has 0 radical (unpaired) electrons. The van der Waals surface area contributed by atoms with E-state index >= 15 is 0 Å². The topological polar surface area (TPSA) is 49.8 Å². The average Bonchev–Trinajstić information content (AvgIpc) is 2.24. The summed E-state index contributed by atoms with van der Waals surface area (Å²) in [6, 6.07) is 0. The van der Waals surface area contributed by atoms with E-state index < -0.39 is 5.60 Å². The van der Waals surface area contributed by atoms with Crippen LogP contribution in [0.1, 0.15) is 46.5 Å². The van der Waals surface area contributed by atoms with E-state index in [9.17, 15) is 4.79 Å². The Morgan fingerprint density at radius 1 is 1.53 bits per heavy atom. The van der Waals surface area contributed by atoms with Gasteiger partial charge in [-0.1, -0.05) is 5.57 Å².